The van der Waals surface area contributed by atoms with Crippen LogP contribution in [0.2, 0.25) is 0 Å². The molecule has 19 heavy (non-hydrogen) atoms. The lowest BCUT2D eigenvalue weighted by molar-refractivity contribution is 0.0696. The van der Waals surface area contributed by atoms with Crippen molar-refractivity contribution in [2.75, 3.05) is 5.75 Å². The second kappa shape index (κ2) is 4.88. The number of halogens is 2. The number of hydrogen-bond donors (Lipinski definition) is 1. The molecular formula is C12H12F2O4S. The standard InChI is InChI=1S/C12H12F2O4S/c13-9-4-8(12(15)16)5-10(11(9)14)19(17,18)6-7-2-1-3-7/h4-5,7H,1-3,6H2,(H,15,16). The molecule has 104 valence electrons. The predicted molar refractivity (Wildman–Crippen MR) is 62.7 cm³/mol. The highest BCUT2D eigenvalue weighted by Gasteiger charge is 2.30. The summed E-state index contributed by atoms with van der Waals surface area (Å²) in [5.74, 6) is -4.80. The molecule has 1 fully saturated rings. The maximum absolute atomic E-state index is 13.6. The van der Waals surface area contributed by atoms with Crippen LogP contribution in [-0.4, -0.2) is 25.2 Å². The smallest absolute Gasteiger partial charge is 0.335 e. The third kappa shape index (κ3) is 2.75. The van der Waals surface area contributed by atoms with Crippen LogP contribution in [0.3, 0.4) is 0 Å². The van der Waals surface area contributed by atoms with Gasteiger partial charge in [0, 0.05) is 0 Å². The molecule has 7 heteroatoms. The first-order valence-corrected chi connectivity index (χ1v) is 7.41. The van der Waals surface area contributed by atoms with Gasteiger partial charge in [-0.05, 0) is 30.9 Å². The van der Waals surface area contributed by atoms with Gasteiger partial charge < -0.3 is 5.11 Å². The first-order chi connectivity index (χ1) is 8.81. The van der Waals surface area contributed by atoms with Gasteiger partial charge in [0.1, 0.15) is 4.90 Å². The Kier molecular flexibility index (Phi) is 3.58. The lowest BCUT2D eigenvalue weighted by Crippen LogP contribution is -2.23. The number of carboxylic acids is 1. The number of rotatable bonds is 4. The van der Waals surface area contributed by atoms with Crippen molar-refractivity contribution in [1.82, 2.24) is 0 Å². The Morgan fingerprint density at radius 3 is 2.42 bits per heavy atom. The fourth-order valence-electron chi connectivity index (χ4n) is 1.97. The topological polar surface area (TPSA) is 71.4 Å². The molecule has 0 heterocycles. The van der Waals surface area contributed by atoms with Crippen molar-refractivity contribution in [2.45, 2.75) is 24.2 Å². The normalized spacial score (nSPS) is 16.1. The van der Waals surface area contributed by atoms with Crippen molar-refractivity contribution in [3.05, 3.63) is 29.3 Å². The van der Waals surface area contributed by atoms with Gasteiger partial charge in [-0.15, -0.1) is 0 Å². The Bertz CT molecular complexity index is 621. The summed E-state index contributed by atoms with van der Waals surface area (Å²) in [7, 11) is -4.01. The van der Waals surface area contributed by atoms with Crippen LogP contribution < -0.4 is 0 Å². The highest BCUT2D eigenvalue weighted by molar-refractivity contribution is 7.91. The number of benzene rings is 1. The van der Waals surface area contributed by atoms with E-state index in [4.69, 9.17) is 5.11 Å². The molecule has 0 aliphatic heterocycles. The third-order valence-electron chi connectivity index (χ3n) is 3.26. The van der Waals surface area contributed by atoms with E-state index in [9.17, 15) is 22.0 Å². The van der Waals surface area contributed by atoms with E-state index in [2.05, 4.69) is 0 Å². The van der Waals surface area contributed by atoms with Crippen LogP contribution in [0.15, 0.2) is 17.0 Å². The van der Waals surface area contributed by atoms with Gasteiger partial charge in [0.05, 0.1) is 11.3 Å². The summed E-state index contributed by atoms with van der Waals surface area (Å²) in [5, 5.41) is 8.75. The quantitative estimate of drug-likeness (QED) is 0.923. The van der Waals surface area contributed by atoms with Crippen LogP contribution in [0.5, 0.6) is 0 Å². The molecular weight excluding hydrogens is 278 g/mol. The van der Waals surface area contributed by atoms with E-state index < -0.39 is 37.9 Å². The van der Waals surface area contributed by atoms with Crippen LogP contribution >= 0.6 is 0 Å². The van der Waals surface area contributed by atoms with Crippen LogP contribution in [0.1, 0.15) is 29.6 Å². The highest BCUT2D eigenvalue weighted by atomic mass is 32.2. The number of hydrogen-bond acceptors (Lipinski definition) is 3. The molecule has 0 spiro atoms. The molecule has 0 bridgehead atoms. The summed E-state index contributed by atoms with van der Waals surface area (Å²) < 4.78 is 50.8. The second-order valence-corrected chi connectivity index (χ2v) is 6.66. The molecule has 0 radical (unpaired) electrons. The lowest BCUT2D eigenvalue weighted by atomic mass is 9.87. The van der Waals surface area contributed by atoms with E-state index >= 15 is 0 Å². The first kappa shape index (κ1) is 13.9. The summed E-state index contributed by atoms with van der Waals surface area (Å²) in [6.07, 6.45) is 2.40. The van der Waals surface area contributed by atoms with Gasteiger partial charge in [-0.1, -0.05) is 6.42 Å². The molecule has 1 aromatic rings. The maximum atomic E-state index is 13.6. The summed E-state index contributed by atoms with van der Waals surface area (Å²) in [6.45, 7) is 0. The number of carboxylic acid groups (broad SMARTS) is 1. The number of sulfone groups is 1. The molecule has 0 aromatic heterocycles. The zero-order valence-electron chi connectivity index (χ0n) is 9.90. The van der Waals surface area contributed by atoms with Crippen LogP contribution in [0.4, 0.5) is 8.78 Å². The fourth-order valence-corrected chi connectivity index (χ4v) is 3.78. The molecule has 2 rings (SSSR count). The van der Waals surface area contributed by atoms with E-state index in [-0.39, 0.29) is 11.7 Å². The van der Waals surface area contributed by atoms with Gasteiger partial charge in [0.25, 0.3) is 0 Å². The fraction of sp³-hybridized carbons (Fsp3) is 0.417. The van der Waals surface area contributed by atoms with Gasteiger partial charge in [-0.3, -0.25) is 0 Å². The summed E-state index contributed by atoms with van der Waals surface area (Å²) in [6, 6.07) is 1.15. The van der Waals surface area contributed by atoms with E-state index in [0.29, 0.717) is 12.1 Å². The van der Waals surface area contributed by atoms with Gasteiger partial charge >= 0.3 is 5.97 Å². The van der Waals surface area contributed by atoms with Gasteiger partial charge in [0.15, 0.2) is 21.5 Å². The largest absolute Gasteiger partial charge is 0.478 e. The highest BCUT2D eigenvalue weighted by Crippen LogP contribution is 2.31. The predicted octanol–water partition coefficient (Wildman–Crippen LogP) is 2.24. The molecule has 0 unspecified atom stereocenters. The van der Waals surface area contributed by atoms with Crippen LogP contribution in [-0.2, 0) is 9.84 Å². The van der Waals surface area contributed by atoms with E-state index in [1.54, 1.807) is 0 Å². The molecule has 0 amide bonds. The SMILES string of the molecule is O=C(O)c1cc(F)c(F)c(S(=O)(=O)CC2CCC2)c1. The van der Waals surface area contributed by atoms with Crippen molar-refractivity contribution < 1.29 is 27.1 Å². The third-order valence-corrected chi connectivity index (χ3v) is 5.13. The molecule has 1 aliphatic carbocycles. The Morgan fingerprint density at radius 1 is 1.32 bits per heavy atom. The summed E-state index contributed by atoms with van der Waals surface area (Å²) in [4.78, 5) is 9.89. The summed E-state index contributed by atoms with van der Waals surface area (Å²) >= 11 is 0. The molecule has 1 aromatic carbocycles. The van der Waals surface area contributed by atoms with Crippen molar-refractivity contribution in [3.8, 4) is 0 Å². The Hall–Kier alpha value is -1.50. The first-order valence-electron chi connectivity index (χ1n) is 5.76. The molecule has 0 atom stereocenters. The molecule has 1 N–H and O–H groups in total. The van der Waals surface area contributed by atoms with Gasteiger partial charge in [0.2, 0.25) is 0 Å². The monoisotopic (exact) mass is 290 g/mol. The van der Waals surface area contributed by atoms with Crippen molar-refractivity contribution >= 4 is 15.8 Å². The Morgan fingerprint density at radius 2 is 1.95 bits per heavy atom. The maximum Gasteiger partial charge on any atom is 0.335 e. The molecule has 1 saturated carbocycles. The molecule has 0 saturated heterocycles. The zero-order chi connectivity index (χ0) is 14.2. The van der Waals surface area contributed by atoms with Gasteiger partial charge in [-0.2, -0.15) is 0 Å². The van der Waals surface area contributed by atoms with Crippen molar-refractivity contribution in [1.29, 1.82) is 0 Å². The van der Waals surface area contributed by atoms with Crippen LogP contribution in [0, 0.1) is 17.6 Å². The second-order valence-electron chi connectivity index (χ2n) is 4.65. The van der Waals surface area contributed by atoms with Crippen molar-refractivity contribution in [3.63, 3.8) is 0 Å². The molecule has 4 nitrogen and oxygen atoms in total. The van der Waals surface area contributed by atoms with E-state index in [1.807, 2.05) is 0 Å². The van der Waals surface area contributed by atoms with Gasteiger partial charge in [-0.25, -0.2) is 22.0 Å². The van der Waals surface area contributed by atoms with Crippen LogP contribution in [0.25, 0.3) is 0 Å². The van der Waals surface area contributed by atoms with E-state index in [1.165, 1.54) is 0 Å². The zero-order valence-corrected chi connectivity index (χ0v) is 10.7. The minimum absolute atomic E-state index is 0.0547. The average Bonchev–Trinajstić information content (AvgIpc) is 2.27. The van der Waals surface area contributed by atoms with E-state index in [0.717, 1.165) is 19.3 Å². The van der Waals surface area contributed by atoms with Crippen molar-refractivity contribution in [2.24, 2.45) is 5.92 Å². The minimum atomic E-state index is -4.01. The number of aromatic carboxylic acids is 1. The lowest BCUT2D eigenvalue weighted by Gasteiger charge is -2.24. The Labute approximate surface area is 109 Å². The average molecular weight is 290 g/mol. The molecule has 1 aliphatic rings. The Balaban J connectivity index is 2.44. The summed E-state index contributed by atoms with van der Waals surface area (Å²) in [5.41, 5.74) is -0.578. The number of carbonyl (C=O) groups is 1. The minimum Gasteiger partial charge on any atom is -0.478 e.